The quantitative estimate of drug-likeness (QED) is 0.641. The van der Waals surface area contributed by atoms with Crippen molar-refractivity contribution < 1.29 is 9.13 Å². The van der Waals surface area contributed by atoms with Crippen LogP contribution >= 0.6 is 0 Å². The lowest BCUT2D eigenvalue weighted by molar-refractivity contribution is 0.290. The number of hydrogen-bond donors (Lipinski definition) is 2. The van der Waals surface area contributed by atoms with E-state index in [1.165, 1.54) is 6.07 Å². The molecular weight excluding hydrogens is 231 g/mol. The largest absolute Gasteiger partial charge is 0.486 e. The highest BCUT2D eigenvalue weighted by molar-refractivity contribution is 5.95. The molecule has 0 amide bonds. The van der Waals surface area contributed by atoms with Crippen molar-refractivity contribution in [1.29, 1.82) is 5.41 Å². The van der Waals surface area contributed by atoms with Crippen LogP contribution in [-0.2, 0) is 6.61 Å². The van der Waals surface area contributed by atoms with Gasteiger partial charge in [0.05, 0.1) is 0 Å². The van der Waals surface area contributed by atoms with Crippen LogP contribution in [0.2, 0.25) is 0 Å². The Morgan fingerprint density at radius 3 is 2.67 bits per heavy atom. The lowest BCUT2D eigenvalue weighted by atomic mass is 10.1. The fourth-order valence-electron chi connectivity index (χ4n) is 1.55. The molecule has 18 heavy (non-hydrogen) atoms. The average molecular weight is 244 g/mol. The van der Waals surface area contributed by atoms with Gasteiger partial charge in [-0.05, 0) is 23.8 Å². The summed E-state index contributed by atoms with van der Waals surface area (Å²) in [5, 5.41) is 7.34. The van der Waals surface area contributed by atoms with Gasteiger partial charge >= 0.3 is 0 Å². The number of ether oxygens (including phenoxy) is 1. The van der Waals surface area contributed by atoms with E-state index in [4.69, 9.17) is 15.9 Å². The first-order valence-electron chi connectivity index (χ1n) is 5.47. The van der Waals surface area contributed by atoms with Gasteiger partial charge in [0.25, 0.3) is 0 Å². The van der Waals surface area contributed by atoms with E-state index in [1.54, 1.807) is 36.4 Å². The van der Waals surface area contributed by atoms with Gasteiger partial charge in [-0.15, -0.1) is 0 Å². The molecule has 4 heteroatoms. The molecule has 92 valence electrons. The molecule has 0 atom stereocenters. The second-order valence-electron chi connectivity index (χ2n) is 3.83. The van der Waals surface area contributed by atoms with E-state index in [9.17, 15) is 4.39 Å². The minimum atomic E-state index is -0.389. The van der Waals surface area contributed by atoms with Gasteiger partial charge in [-0.3, -0.25) is 5.41 Å². The molecule has 0 saturated heterocycles. The van der Waals surface area contributed by atoms with E-state index in [0.717, 1.165) is 5.56 Å². The van der Waals surface area contributed by atoms with E-state index < -0.39 is 0 Å². The average Bonchev–Trinajstić information content (AvgIpc) is 2.38. The molecule has 2 aromatic rings. The van der Waals surface area contributed by atoms with E-state index in [0.29, 0.717) is 5.56 Å². The van der Waals surface area contributed by atoms with Crippen molar-refractivity contribution in [1.82, 2.24) is 0 Å². The van der Waals surface area contributed by atoms with Crippen LogP contribution in [-0.4, -0.2) is 5.84 Å². The van der Waals surface area contributed by atoms with Gasteiger partial charge in [-0.25, -0.2) is 4.39 Å². The highest BCUT2D eigenvalue weighted by atomic mass is 19.1. The molecule has 0 fully saturated rings. The first-order chi connectivity index (χ1) is 8.66. The molecule has 0 aliphatic carbocycles. The summed E-state index contributed by atoms with van der Waals surface area (Å²) in [5.41, 5.74) is 6.86. The number of hydrogen-bond acceptors (Lipinski definition) is 2. The third-order valence-corrected chi connectivity index (χ3v) is 2.47. The second kappa shape index (κ2) is 5.31. The van der Waals surface area contributed by atoms with Crippen LogP contribution in [0, 0.1) is 11.2 Å². The van der Waals surface area contributed by atoms with Crippen molar-refractivity contribution in [3.8, 4) is 5.75 Å². The third kappa shape index (κ3) is 2.85. The fraction of sp³-hybridized carbons (Fsp3) is 0.0714. The van der Waals surface area contributed by atoms with E-state index >= 15 is 0 Å². The molecule has 3 N–H and O–H groups in total. The van der Waals surface area contributed by atoms with Crippen molar-refractivity contribution in [3.63, 3.8) is 0 Å². The van der Waals surface area contributed by atoms with Crippen LogP contribution in [0.5, 0.6) is 5.75 Å². The first-order valence-corrected chi connectivity index (χ1v) is 5.47. The summed E-state index contributed by atoms with van der Waals surface area (Å²) in [6.07, 6.45) is 0. The van der Waals surface area contributed by atoms with Crippen molar-refractivity contribution in [2.24, 2.45) is 5.73 Å². The Morgan fingerprint density at radius 2 is 1.94 bits per heavy atom. The molecular formula is C14H13FN2O. The summed E-state index contributed by atoms with van der Waals surface area (Å²) in [6.45, 7) is 0.238. The summed E-state index contributed by atoms with van der Waals surface area (Å²) in [6, 6.07) is 13.4. The number of rotatable bonds is 4. The SMILES string of the molecule is N=C(N)c1cccc(COc2ccccc2F)c1. The Morgan fingerprint density at radius 1 is 1.17 bits per heavy atom. The van der Waals surface area contributed by atoms with Crippen molar-refractivity contribution >= 4 is 5.84 Å². The Kier molecular flexibility index (Phi) is 3.57. The molecule has 0 aromatic heterocycles. The zero-order valence-corrected chi connectivity index (χ0v) is 9.69. The second-order valence-corrected chi connectivity index (χ2v) is 3.83. The van der Waals surface area contributed by atoms with Crippen LogP contribution in [0.1, 0.15) is 11.1 Å². The lowest BCUT2D eigenvalue weighted by Gasteiger charge is -2.08. The highest BCUT2D eigenvalue weighted by Crippen LogP contribution is 2.17. The molecule has 3 nitrogen and oxygen atoms in total. The molecule has 0 aliphatic rings. The summed E-state index contributed by atoms with van der Waals surface area (Å²) in [4.78, 5) is 0. The van der Waals surface area contributed by atoms with E-state index in [-0.39, 0.29) is 24.0 Å². The standard InChI is InChI=1S/C14H13FN2O/c15-12-6-1-2-7-13(12)18-9-10-4-3-5-11(8-10)14(16)17/h1-8H,9H2,(H3,16,17). The molecule has 0 heterocycles. The molecule has 2 rings (SSSR count). The van der Waals surface area contributed by atoms with Gasteiger partial charge < -0.3 is 10.5 Å². The minimum Gasteiger partial charge on any atom is -0.486 e. The molecule has 0 unspecified atom stereocenters. The summed E-state index contributed by atoms with van der Waals surface area (Å²) < 4.78 is 18.7. The Labute approximate surface area is 105 Å². The number of benzene rings is 2. The smallest absolute Gasteiger partial charge is 0.165 e. The zero-order valence-electron chi connectivity index (χ0n) is 9.69. The summed E-state index contributed by atoms with van der Waals surface area (Å²) in [7, 11) is 0. The number of para-hydroxylation sites is 1. The number of nitrogen functional groups attached to an aromatic ring is 1. The maximum Gasteiger partial charge on any atom is 0.165 e. The number of nitrogens with two attached hydrogens (primary N) is 1. The first kappa shape index (κ1) is 12.1. The minimum absolute atomic E-state index is 0.00254. The zero-order chi connectivity index (χ0) is 13.0. The number of halogens is 1. The van der Waals surface area contributed by atoms with Gasteiger partial charge in [0.2, 0.25) is 0 Å². The Hall–Kier alpha value is -2.36. The van der Waals surface area contributed by atoms with Crippen molar-refractivity contribution in [2.75, 3.05) is 0 Å². The normalized spacial score (nSPS) is 10.1. The van der Waals surface area contributed by atoms with Crippen LogP contribution in [0.15, 0.2) is 48.5 Å². The predicted molar refractivity (Wildman–Crippen MR) is 68.2 cm³/mol. The van der Waals surface area contributed by atoms with Gasteiger partial charge in [-0.2, -0.15) is 0 Å². The van der Waals surface area contributed by atoms with Crippen LogP contribution in [0.3, 0.4) is 0 Å². The molecule has 0 spiro atoms. The maximum atomic E-state index is 13.3. The topological polar surface area (TPSA) is 59.1 Å². The predicted octanol–water partition coefficient (Wildman–Crippen LogP) is 2.69. The van der Waals surface area contributed by atoms with Crippen LogP contribution < -0.4 is 10.5 Å². The van der Waals surface area contributed by atoms with Crippen LogP contribution in [0.4, 0.5) is 4.39 Å². The van der Waals surface area contributed by atoms with Gasteiger partial charge in [0.1, 0.15) is 12.4 Å². The van der Waals surface area contributed by atoms with E-state index in [1.807, 2.05) is 6.07 Å². The monoisotopic (exact) mass is 244 g/mol. The number of amidine groups is 1. The Bertz CT molecular complexity index is 569. The highest BCUT2D eigenvalue weighted by Gasteiger charge is 2.03. The number of nitrogens with one attached hydrogen (secondary N) is 1. The van der Waals surface area contributed by atoms with Crippen LogP contribution in [0.25, 0.3) is 0 Å². The summed E-state index contributed by atoms with van der Waals surface area (Å²) >= 11 is 0. The fourth-order valence-corrected chi connectivity index (χ4v) is 1.55. The molecule has 2 aromatic carbocycles. The van der Waals surface area contributed by atoms with Gasteiger partial charge in [0, 0.05) is 5.56 Å². The molecule has 0 saturated carbocycles. The molecule has 0 aliphatic heterocycles. The lowest BCUT2D eigenvalue weighted by Crippen LogP contribution is -2.11. The molecule has 0 bridgehead atoms. The van der Waals surface area contributed by atoms with E-state index in [2.05, 4.69) is 0 Å². The summed E-state index contributed by atoms with van der Waals surface area (Å²) in [5.74, 6) is -0.173. The van der Waals surface area contributed by atoms with Gasteiger partial charge in [0.15, 0.2) is 11.6 Å². The van der Waals surface area contributed by atoms with Crippen molar-refractivity contribution in [3.05, 3.63) is 65.5 Å². The van der Waals surface area contributed by atoms with Crippen molar-refractivity contribution in [2.45, 2.75) is 6.61 Å². The Balaban J connectivity index is 2.09. The molecule has 0 radical (unpaired) electrons. The maximum absolute atomic E-state index is 13.3. The van der Waals surface area contributed by atoms with Gasteiger partial charge in [-0.1, -0.05) is 30.3 Å². The third-order valence-electron chi connectivity index (χ3n) is 2.47.